The molecule has 5 heteroatoms. The first-order valence-corrected chi connectivity index (χ1v) is 8.18. The van der Waals surface area contributed by atoms with Crippen LogP contribution in [0, 0.1) is 11.8 Å². The number of benzene rings is 2. The summed E-state index contributed by atoms with van der Waals surface area (Å²) in [6, 6.07) is 11.6. The van der Waals surface area contributed by atoms with Crippen molar-refractivity contribution in [2.45, 2.75) is 6.92 Å². The van der Waals surface area contributed by atoms with E-state index in [1.54, 1.807) is 7.11 Å². The smallest absolute Gasteiger partial charge is 0.229 e. The fourth-order valence-corrected chi connectivity index (χ4v) is 3.40. The van der Waals surface area contributed by atoms with Crippen LogP contribution >= 0.6 is 0 Å². The van der Waals surface area contributed by atoms with E-state index in [1.807, 2.05) is 36.4 Å². The van der Waals surface area contributed by atoms with Crippen LogP contribution in [-0.4, -0.2) is 26.1 Å². The number of carbonyl (C=O) groups is 1. The Morgan fingerprint density at radius 3 is 2.79 bits per heavy atom. The predicted molar refractivity (Wildman–Crippen MR) is 94.4 cm³/mol. The third-order valence-electron chi connectivity index (χ3n) is 4.81. The van der Waals surface area contributed by atoms with Gasteiger partial charge in [-0.2, -0.15) is 0 Å². The van der Waals surface area contributed by atoms with Crippen LogP contribution in [0.15, 0.2) is 40.8 Å². The van der Waals surface area contributed by atoms with E-state index in [2.05, 4.69) is 17.6 Å². The van der Waals surface area contributed by atoms with E-state index in [-0.39, 0.29) is 11.8 Å². The highest BCUT2D eigenvalue weighted by Gasteiger charge is 2.30. The highest BCUT2D eigenvalue weighted by atomic mass is 16.5. The second-order valence-electron chi connectivity index (χ2n) is 6.38. The van der Waals surface area contributed by atoms with Gasteiger partial charge in [-0.05, 0) is 24.6 Å². The van der Waals surface area contributed by atoms with Gasteiger partial charge in [-0.25, -0.2) is 0 Å². The molecule has 2 atom stereocenters. The van der Waals surface area contributed by atoms with Gasteiger partial charge in [-0.15, -0.1) is 0 Å². The van der Waals surface area contributed by atoms with Gasteiger partial charge < -0.3 is 19.8 Å². The number of furan rings is 1. The fraction of sp³-hybridized carbons (Fsp3) is 0.316. The first-order chi connectivity index (χ1) is 11.7. The molecular formula is C19H20N2O3. The molecule has 1 amide bonds. The summed E-state index contributed by atoms with van der Waals surface area (Å²) in [7, 11) is 1.61. The topological polar surface area (TPSA) is 63.5 Å². The lowest BCUT2D eigenvalue weighted by atomic mass is 9.97. The molecule has 0 spiro atoms. The van der Waals surface area contributed by atoms with Crippen LogP contribution in [0.4, 0.5) is 5.69 Å². The number of methoxy groups -OCH3 is 1. The average Bonchev–Trinajstić information content (AvgIpc) is 3.17. The number of hydrogen-bond acceptors (Lipinski definition) is 4. The molecular weight excluding hydrogens is 304 g/mol. The second kappa shape index (κ2) is 5.83. The van der Waals surface area contributed by atoms with Crippen molar-refractivity contribution in [2.24, 2.45) is 11.8 Å². The molecule has 24 heavy (non-hydrogen) atoms. The molecule has 0 radical (unpaired) electrons. The maximum absolute atomic E-state index is 12.6. The highest BCUT2D eigenvalue weighted by Crippen LogP contribution is 2.36. The van der Waals surface area contributed by atoms with Crippen molar-refractivity contribution in [1.82, 2.24) is 5.32 Å². The van der Waals surface area contributed by atoms with Gasteiger partial charge >= 0.3 is 0 Å². The molecule has 5 nitrogen and oxygen atoms in total. The van der Waals surface area contributed by atoms with Gasteiger partial charge in [0.25, 0.3) is 0 Å². The van der Waals surface area contributed by atoms with Crippen molar-refractivity contribution in [3.8, 4) is 5.75 Å². The number of carbonyl (C=O) groups excluding carboxylic acids is 1. The number of anilines is 1. The molecule has 1 saturated heterocycles. The Morgan fingerprint density at radius 2 is 2.04 bits per heavy atom. The van der Waals surface area contributed by atoms with Crippen LogP contribution in [0.3, 0.4) is 0 Å². The summed E-state index contributed by atoms with van der Waals surface area (Å²) in [6.45, 7) is 3.67. The lowest BCUT2D eigenvalue weighted by molar-refractivity contribution is -0.120. The highest BCUT2D eigenvalue weighted by molar-refractivity contribution is 6.07. The van der Waals surface area contributed by atoms with E-state index >= 15 is 0 Å². The zero-order valence-corrected chi connectivity index (χ0v) is 13.8. The summed E-state index contributed by atoms with van der Waals surface area (Å²) in [5, 5.41) is 8.28. The van der Waals surface area contributed by atoms with Crippen LogP contribution in [-0.2, 0) is 4.79 Å². The number of nitrogens with one attached hydrogen (secondary N) is 2. The summed E-state index contributed by atoms with van der Waals surface area (Å²) in [6.07, 6.45) is 0. The van der Waals surface area contributed by atoms with E-state index in [4.69, 9.17) is 9.15 Å². The summed E-state index contributed by atoms with van der Waals surface area (Å²) in [5.74, 6) is 0.953. The maximum atomic E-state index is 12.6. The SMILES string of the molecule is COc1cc2c(cc1NC(=O)[C@@H]1CNC[C@H]1C)oc1ccccc12. The minimum Gasteiger partial charge on any atom is -0.495 e. The normalized spacial score (nSPS) is 20.6. The van der Waals surface area contributed by atoms with Crippen molar-refractivity contribution < 1.29 is 13.9 Å². The first-order valence-electron chi connectivity index (χ1n) is 8.18. The molecule has 2 N–H and O–H groups in total. The monoisotopic (exact) mass is 324 g/mol. The Morgan fingerprint density at radius 1 is 1.21 bits per heavy atom. The van der Waals surface area contributed by atoms with Gasteiger partial charge in [0.15, 0.2) is 0 Å². The predicted octanol–water partition coefficient (Wildman–Crippen LogP) is 3.39. The Hall–Kier alpha value is -2.53. The largest absolute Gasteiger partial charge is 0.495 e. The quantitative estimate of drug-likeness (QED) is 0.775. The van der Waals surface area contributed by atoms with Gasteiger partial charge in [0, 0.05) is 23.4 Å². The molecule has 2 aromatic carbocycles. The van der Waals surface area contributed by atoms with Crippen molar-refractivity contribution >= 4 is 33.5 Å². The Balaban J connectivity index is 1.74. The van der Waals surface area contributed by atoms with Crippen molar-refractivity contribution in [1.29, 1.82) is 0 Å². The van der Waals surface area contributed by atoms with Gasteiger partial charge in [-0.1, -0.05) is 25.1 Å². The lowest BCUT2D eigenvalue weighted by Gasteiger charge is -2.16. The molecule has 1 aliphatic heterocycles. The minimum atomic E-state index is -0.0268. The van der Waals surface area contributed by atoms with Crippen LogP contribution in [0.1, 0.15) is 6.92 Å². The molecule has 4 rings (SSSR count). The molecule has 0 bridgehead atoms. The fourth-order valence-electron chi connectivity index (χ4n) is 3.40. The van der Waals surface area contributed by atoms with Crippen LogP contribution in [0.5, 0.6) is 5.75 Å². The summed E-state index contributed by atoms with van der Waals surface area (Å²) in [5.41, 5.74) is 2.21. The Kier molecular flexibility index (Phi) is 3.65. The number of fused-ring (bicyclic) bond motifs is 3. The number of para-hydroxylation sites is 1. The summed E-state index contributed by atoms with van der Waals surface area (Å²) >= 11 is 0. The zero-order valence-electron chi connectivity index (χ0n) is 13.8. The third-order valence-corrected chi connectivity index (χ3v) is 4.81. The third kappa shape index (κ3) is 2.41. The molecule has 2 heterocycles. The summed E-state index contributed by atoms with van der Waals surface area (Å²) in [4.78, 5) is 12.6. The van der Waals surface area contributed by atoms with Gasteiger partial charge in [0.1, 0.15) is 16.9 Å². The molecule has 0 aliphatic carbocycles. The van der Waals surface area contributed by atoms with Crippen molar-refractivity contribution in [3.63, 3.8) is 0 Å². The minimum absolute atomic E-state index is 0.0151. The number of rotatable bonds is 3. The molecule has 0 saturated carbocycles. The van der Waals surface area contributed by atoms with Crippen LogP contribution < -0.4 is 15.4 Å². The lowest BCUT2D eigenvalue weighted by Crippen LogP contribution is -2.28. The average molecular weight is 324 g/mol. The maximum Gasteiger partial charge on any atom is 0.229 e. The zero-order chi connectivity index (χ0) is 16.7. The van der Waals surface area contributed by atoms with E-state index in [9.17, 15) is 4.79 Å². The standard InChI is InChI=1S/C19H20N2O3/c1-11-9-20-10-14(11)19(22)21-15-8-17-13(7-18(15)23-2)12-5-3-4-6-16(12)24-17/h3-8,11,14,20H,9-10H2,1-2H3,(H,21,22)/t11-,14-/m1/s1. The first kappa shape index (κ1) is 15.0. The number of amides is 1. The molecule has 0 unspecified atom stereocenters. The van der Waals surface area contributed by atoms with Gasteiger partial charge in [0.2, 0.25) is 5.91 Å². The van der Waals surface area contributed by atoms with Crippen molar-refractivity contribution in [2.75, 3.05) is 25.5 Å². The molecule has 1 fully saturated rings. The van der Waals surface area contributed by atoms with E-state index < -0.39 is 0 Å². The van der Waals surface area contributed by atoms with E-state index in [0.717, 1.165) is 28.5 Å². The number of hydrogen-bond donors (Lipinski definition) is 2. The number of ether oxygens (including phenoxy) is 1. The molecule has 1 aromatic heterocycles. The molecule has 3 aromatic rings. The Labute approximate surface area is 140 Å². The van der Waals surface area contributed by atoms with E-state index in [0.29, 0.717) is 23.9 Å². The van der Waals surface area contributed by atoms with Crippen LogP contribution in [0.2, 0.25) is 0 Å². The van der Waals surface area contributed by atoms with Crippen molar-refractivity contribution in [3.05, 3.63) is 36.4 Å². The molecule has 124 valence electrons. The van der Waals surface area contributed by atoms with E-state index in [1.165, 1.54) is 0 Å². The summed E-state index contributed by atoms with van der Waals surface area (Å²) < 4.78 is 11.4. The van der Waals surface area contributed by atoms with Gasteiger partial charge in [0.05, 0.1) is 18.7 Å². The van der Waals surface area contributed by atoms with Gasteiger partial charge in [-0.3, -0.25) is 4.79 Å². The Bertz CT molecular complexity index is 916. The second-order valence-corrected chi connectivity index (χ2v) is 6.38. The molecule has 1 aliphatic rings. The van der Waals surface area contributed by atoms with Crippen LogP contribution in [0.25, 0.3) is 21.9 Å².